The Hall–Kier alpha value is -2.32. The second kappa shape index (κ2) is 6.84. The van der Waals surface area contributed by atoms with E-state index in [1.807, 2.05) is 6.92 Å². The summed E-state index contributed by atoms with van der Waals surface area (Å²) in [5, 5.41) is 21.7. The van der Waals surface area contributed by atoms with E-state index < -0.39 is 11.9 Å². The van der Waals surface area contributed by atoms with Crippen LogP contribution in [-0.2, 0) is 6.42 Å². The molecule has 3 N–H and O–H groups in total. The molecular weight excluding hydrogens is 344 g/mol. The average molecular weight is 357 g/mol. The van der Waals surface area contributed by atoms with E-state index in [0.717, 1.165) is 11.3 Å². The molecule has 0 aliphatic carbocycles. The Kier molecular flexibility index (Phi) is 5.07. The summed E-state index contributed by atoms with van der Waals surface area (Å²) < 4.78 is 5.04. The van der Waals surface area contributed by atoms with E-state index >= 15 is 0 Å². The monoisotopic (exact) mass is 356 g/mol. The molecule has 2 rings (SSSR count). The summed E-state index contributed by atoms with van der Waals surface area (Å²) in [6.45, 7) is 1.81. The predicted molar refractivity (Wildman–Crippen MR) is 86.7 cm³/mol. The van der Waals surface area contributed by atoms with Gasteiger partial charge in [-0.2, -0.15) is 0 Å². The molecule has 0 saturated heterocycles. The second-order valence-corrected chi connectivity index (χ2v) is 5.82. The Morgan fingerprint density at radius 2 is 2.04 bits per heavy atom. The van der Waals surface area contributed by atoms with Crippen LogP contribution >= 0.6 is 22.9 Å². The fourth-order valence-corrected chi connectivity index (χ4v) is 3.03. The van der Waals surface area contributed by atoms with Crippen LogP contribution in [0, 0.1) is 0 Å². The van der Waals surface area contributed by atoms with Crippen molar-refractivity contribution < 1.29 is 24.5 Å². The van der Waals surface area contributed by atoms with Crippen molar-refractivity contribution in [2.75, 3.05) is 12.4 Å². The Morgan fingerprint density at radius 1 is 1.35 bits per heavy atom. The van der Waals surface area contributed by atoms with Crippen molar-refractivity contribution in [2.45, 2.75) is 13.3 Å². The molecule has 0 saturated carbocycles. The number of carboxylic acids is 2. The standard InChI is InChI=1S/C14H13ClN2O5S/c1-3-8-11(13(20)21)23-14(16-8)17-9-5-10(22-2)6(12(18)19)4-7(9)15/h4-5H,3H2,1-2H3,(H,16,17)(H,18,19)(H,20,21). The van der Waals surface area contributed by atoms with Crippen LogP contribution in [0.4, 0.5) is 10.8 Å². The highest BCUT2D eigenvalue weighted by Gasteiger charge is 2.19. The number of ether oxygens (including phenoxy) is 1. The topological polar surface area (TPSA) is 109 Å². The van der Waals surface area contributed by atoms with Crippen LogP contribution in [0.3, 0.4) is 0 Å². The molecule has 0 fully saturated rings. The first-order valence-electron chi connectivity index (χ1n) is 6.48. The summed E-state index contributed by atoms with van der Waals surface area (Å²) in [7, 11) is 1.35. The molecule has 0 bridgehead atoms. The Labute approximate surface area is 140 Å². The molecule has 0 spiro atoms. The van der Waals surface area contributed by atoms with E-state index in [4.69, 9.17) is 26.6 Å². The number of nitrogens with one attached hydrogen (secondary N) is 1. The van der Waals surface area contributed by atoms with E-state index in [1.54, 1.807) is 0 Å². The van der Waals surface area contributed by atoms with E-state index in [0.29, 0.717) is 22.9 Å². The first-order valence-corrected chi connectivity index (χ1v) is 7.67. The molecule has 0 atom stereocenters. The summed E-state index contributed by atoms with van der Waals surface area (Å²) in [4.78, 5) is 26.7. The van der Waals surface area contributed by atoms with Gasteiger partial charge in [0.2, 0.25) is 0 Å². The fourth-order valence-electron chi connectivity index (χ4n) is 1.91. The first kappa shape index (κ1) is 17.0. The molecule has 9 heteroatoms. The zero-order chi connectivity index (χ0) is 17.1. The number of hydrogen-bond acceptors (Lipinski definition) is 6. The molecule has 0 amide bonds. The maximum absolute atomic E-state index is 11.2. The van der Waals surface area contributed by atoms with E-state index in [1.165, 1.54) is 19.2 Å². The lowest BCUT2D eigenvalue weighted by Crippen LogP contribution is -2.02. The highest BCUT2D eigenvalue weighted by Crippen LogP contribution is 2.34. The number of carbonyl (C=O) groups is 2. The summed E-state index contributed by atoms with van der Waals surface area (Å²) in [5.74, 6) is -2.07. The SMILES string of the molecule is CCc1nc(Nc2cc(OC)c(C(=O)O)cc2Cl)sc1C(=O)O. The highest BCUT2D eigenvalue weighted by atomic mass is 35.5. The third-order valence-corrected chi connectivity index (χ3v) is 4.30. The van der Waals surface area contributed by atoms with Crippen LogP contribution in [0.25, 0.3) is 0 Å². The van der Waals surface area contributed by atoms with Gasteiger partial charge in [0.15, 0.2) is 5.13 Å². The molecule has 7 nitrogen and oxygen atoms in total. The molecular formula is C14H13ClN2O5S. The number of rotatable bonds is 6. The van der Waals surface area contributed by atoms with Crippen LogP contribution in [0.15, 0.2) is 12.1 Å². The van der Waals surface area contributed by atoms with E-state index in [9.17, 15) is 9.59 Å². The Bertz CT molecular complexity index is 775. The second-order valence-electron chi connectivity index (χ2n) is 4.42. The van der Waals surface area contributed by atoms with Gasteiger partial charge < -0.3 is 20.3 Å². The van der Waals surface area contributed by atoms with E-state index in [2.05, 4.69) is 10.3 Å². The van der Waals surface area contributed by atoms with Gasteiger partial charge in [0, 0.05) is 6.07 Å². The van der Waals surface area contributed by atoms with Crippen molar-refractivity contribution in [3.63, 3.8) is 0 Å². The number of thiazole rings is 1. The fraction of sp³-hybridized carbons (Fsp3) is 0.214. The summed E-state index contributed by atoms with van der Waals surface area (Å²) in [5.41, 5.74) is 0.778. The maximum Gasteiger partial charge on any atom is 0.347 e. The number of benzene rings is 1. The Balaban J connectivity index is 2.40. The normalized spacial score (nSPS) is 10.4. The number of anilines is 2. The van der Waals surface area contributed by atoms with Gasteiger partial charge in [0.05, 0.1) is 23.5 Å². The molecule has 23 heavy (non-hydrogen) atoms. The van der Waals surface area contributed by atoms with Gasteiger partial charge in [-0.1, -0.05) is 29.9 Å². The van der Waals surface area contributed by atoms with Crippen LogP contribution in [-0.4, -0.2) is 34.2 Å². The highest BCUT2D eigenvalue weighted by molar-refractivity contribution is 7.17. The molecule has 0 aliphatic rings. The number of nitrogens with zero attached hydrogens (tertiary/aromatic N) is 1. The number of aryl methyl sites for hydroxylation is 1. The van der Waals surface area contributed by atoms with Gasteiger partial charge in [-0.05, 0) is 12.5 Å². The van der Waals surface area contributed by atoms with Crippen LogP contribution < -0.4 is 10.1 Å². The minimum atomic E-state index is -1.16. The molecule has 1 aromatic heterocycles. The number of hydrogen-bond donors (Lipinski definition) is 3. The van der Waals surface area contributed by atoms with Crippen LogP contribution in [0.1, 0.15) is 32.6 Å². The predicted octanol–water partition coefficient (Wildman–Crippen LogP) is 3.51. The average Bonchev–Trinajstić information content (AvgIpc) is 2.92. The lowest BCUT2D eigenvalue weighted by molar-refractivity contribution is 0.0685. The Morgan fingerprint density at radius 3 is 2.52 bits per heavy atom. The zero-order valence-electron chi connectivity index (χ0n) is 12.2. The summed E-state index contributed by atoms with van der Waals surface area (Å²) in [6.07, 6.45) is 0.481. The largest absolute Gasteiger partial charge is 0.496 e. The molecule has 2 aromatic rings. The van der Waals surface area contributed by atoms with Gasteiger partial charge >= 0.3 is 11.9 Å². The van der Waals surface area contributed by atoms with Crippen LogP contribution in [0.5, 0.6) is 5.75 Å². The number of carboxylic acid groups (broad SMARTS) is 2. The number of aromatic carboxylic acids is 2. The van der Waals surface area contributed by atoms with Crippen LogP contribution in [0.2, 0.25) is 5.02 Å². The first-order chi connectivity index (χ1) is 10.9. The number of methoxy groups -OCH3 is 1. The minimum absolute atomic E-state index is 0.0670. The third kappa shape index (κ3) is 3.54. The van der Waals surface area contributed by atoms with Gasteiger partial charge in [-0.25, -0.2) is 14.6 Å². The minimum Gasteiger partial charge on any atom is -0.496 e. The summed E-state index contributed by atoms with van der Waals surface area (Å²) in [6, 6.07) is 2.69. The lowest BCUT2D eigenvalue weighted by Gasteiger charge is -2.10. The van der Waals surface area contributed by atoms with Crippen molar-refractivity contribution in [1.29, 1.82) is 0 Å². The van der Waals surface area contributed by atoms with Gasteiger partial charge in [-0.3, -0.25) is 0 Å². The molecule has 122 valence electrons. The van der Waals surface area contributed by atoms with Gasteiger partial charge in [0.1, 0.15) is 16.2 Å². The smallest absolute Gasteiger partial charge is 0.347 e. The summed E-state index contributed by atoms with van der Waals surface area (Å²) >= 11 is 7.06. The lowest BCUT2D eigenvalue weighted by atomic mass is 10.2. The molecule has 1 heterocycles. The van der Waals surface area contributed by atoms with Gasteiger partial charge in [0.25, 0.3) is 0 Å². The quantitative estimate of drug-likeness (QED) is 0.726. The van der Waals surface area contributed by atoms with Crippen molar-refractivity contribution in [2.24, 2.45) is 0 Å². The molecule has 0 radical (unpaired) electrons. The molecule has 1 aromatic carbocycles. The number of halogens is 1. The third-order valence-electron chi connectivity index (χ3n) is 2.99. The molecule has 0 aliphatic heterocycles. The van der Waals surface area contributed by atoms with Crippen molar-refractivity contribution in [3.05, 3.63) is 33.3 Å². The maximum atomic E-state index is 11.2. The van der Waals surface area contributed by atoms with Crippen molar-refractivity contribution >= 4 is 45.7 Å². The number of aromatic nitrogens is 1. The van der Waals surface area contributed by atoms with Crippen molar-refractivity contribution in [1.82, 2.24) is 4.98 Å². The zero-order valence-corrected chi connectivity index (χ0v) is 13.8. The molecule has 0 unspecified atom stereocenters. The van der Waals surface area contributed by atoms with E-state index in [-0.39, 0.29) is 21.2 Å². The van der Waals surface area contributed by atoms with Gasteiger partial charge in [-0.15, -0.1) is 0 Å². The van der Waals surface area contributed by atoms with Crippen molar-refractivity contribution in [3.8, 4) is 5.75 Å².